The molecule has 4 fully saturated rings. The van der Waals surface area contributed by atoms with Gasteiger partial charge in [0, 0.05) is 64.7 Å². The van der Waals surface area contributed by atoms with Crippen molar-refractivity contribution in [2.75, 3.05) is 65.9 Å². The highest BCUT2D eigenvalue weighted by molar-refractivity contribution is 4.87. The van der Waals surface area contributed by atoms with E-state index in [1.165, 1.54) is 77.8 Å². The summed E-state index contributed by atoms with van der Waals surface area (Å²) in [4.78, 5) is 10.5. The van der Waals surface area contributed by atoms with Crippen molar-refractivity contribution in [1.29, 1.82) is 0 Å². The molecular weight excluding hydrogens is 300 g/mol. The molecule has 0 aromatic heterocycles. The smallest absolute Gasteiger partial charge is 0.0518 e. The monoisotopic (exact) mass is 336 g/mol. The highest BCUT2D eigenvalue weighted by Gasteiger charge is 2.27. The van der Waals surface area contributed by atoms with Crippen LogP contribution in [0.5, 0.6) is 0 Å². The standard InChI is InChI=1S/C18H36N6/c1-2-6-18-17(5-1)19-13-23-9-3-7-21(15-23)11-12-22-8-4-10-24(16-22)14-20-18/h17-20H,1-16H2/t17-,18-/m1/s1. The Morgan fingerprint density at radius 3 is 1.46 bits per heavy atom. The molecule has 6 heteroatoms. The fourth-order valence-corrected chi connectivity index (χ4v) is 4.90. The largest absolute Gasteiger partial charge is 0.300 e. The second kappa shape index (κ2) is 8.43. The van der Waals surface area contributed by atoms with E-state index in [2.05, 4.69) is 30.2 Å². The minimum atomic E-state index is 0.651. The van der Waals surface area contributed by atoms with Gasteiger partial charge in [-0.1, -0.05) is 12.8 Å². The SMILES string of the molecule is C1CC[C@H]2NCN3CCCN(CCN4CCCN(CN[C@@H]2C1)C4)C3. The van der Waals surface area contributed by atoms with E-state index >= 15 is 0 Å². The van der Waals surface area contributed by atoms with E-state index in [9.17, 15) is 0 Å². The lowest BCUT2D eigenvalue weighted by Gasteiger charge is -2.42. The third kappa shape index (κ3) is 4.48. The van der Waals surface area contributed by atoms with Crippen molar-refractivity contribution >= 4 is 0 Å². The first kappa shape index (κ1) is 17.2. The molecule has 0 amide bonds. The van der Waals surface area contributed by atoms with Crippen molar-refractivity contribution in [2.24, 2.45) is 0 Å². The van der Waals surface area contributed by atoms with E-state index in [-0.39, 0.29) is 0 Å². The zero-order valence-electron chi connectivity index (χ0n) is 15.3. The molecule has 4 aliphatic rings. The molecule has 3 aliphatic heterocycles. The molecule has 0 radical (unpaired) electrons. The molecule has 6 atom stereocenters. The van der Waals surface area contributed by atoms with Crippen molar-refractivity contribution in [1.82, 2.24) is 30.2 Å². The van der Waals surface area contributed by atoms with Crippen LogP contribution in [0.2, 0.25) is 0 Å². The highest BCUT2D eigenvalue weighted by atomic mass is 15.4. The van der Waals surface area contributed by atoms with Crippen LogP contribution in [0.3, 0.4) is 0 Å². The second-order valence-corrected chi connectivity index (χ2v) is 8.24. The Balaban J connectivity index is 1.42. The summed E-state index contributed by atoms with van der Waals surface area (Å²) in [5, 5.41) is 7.79. The van der Waals surface area contributed by atoms with Gasteiger partial charge < -0.3 is 0 Å². The van der Waals surface area contributed by atoms with Gasteiger partial charge in [-0.15, -0.1) is 0 Å². The van der Waals surface area contributed by atoms with Crippen LogP contribution in [-0.2, 0) is 0 Å². The molecule has 0 aromatic carbocycles. The minimum absolute atomic E-state index is 0.651. The lowest BCUT2D eigenvalue weighted by atomic mass is 9.90. The zero-order valence-corrected chi connectivity index (χ0v) is 15.3. The lowest BCUT2D eigenvalue weighted by Crippen LogP contribution is -2.58. The second-order valence-electron chi connectivity index (χ2n) is 8.24. The molecule has 4 unspecified atom stereocenters. The van der Waals surface area contributed by atoms with Gasteiger partial charge in [-0.3, -0.25) is 30.2 Å². The van der Waals surface area contributed by atoms with Gasteiger partial charge in [0.1, 0.15) is 0 Å². The summed E-state index contributed by atoms with van der Waals surface area (Å²) in [6, 6.07) is 1.30. The first-order chi connectivity index (χ1) is 11.9. The number of fused-ring (bicyclic) bond motifs is 5. The molecule has 1 aliphatic carbocycles. The molecule has 1 saturated carbocycles. The summed E-state index contributed by atoms with van der Waals surface area (Å²) >= 11 is 0. The first-order valence-corrected chi connectivity index (χ1v) is 10.2. The van der Waals surface area contributed by atoms with Crippen molar-refractivity contribution in [3.05, 3.63) is 0 Å². The Bertz CT molecular complexity index is 356. The maximum absolute atomic E-state index is 3.89. The quantitative estimate of drug-likeness (QED) is 0.664. The molecule has 0 aromatic rings. The van der Waals surface area contributed by atoms with Crippen molar-refractivity contribution in [3.8, 4) is 0 Å². The van der Waals surface area contributed by atoms with Gasteiger partial charge in [-0.05, 0) is 25.7 Å². The fourth-order valence-electron chi connectivity index (χ4n) is 4.90. The Hall–Kier alpha value is -0.240. The van der Waals surface area contributed by atoms with Crippen LogP contribution in [0.15, 0.2) is 0 Å². The average molecular weight is 337 g/mol. The molecule has 0 spiro atoms. The Kier molecular flexibility index (Phi) is 6.04. The van der Waals surface area contributed by atoms with Crippen LogP contribution in [0.4, 0.5) is 0 Å². The van der Waals surface area contributed by atoms with E-state index in [4.69, 9.17) is 0 Å². The molecule has 3 heterocycles. The van der Waals surface area contributed by atoms with Crippen molar-refractivity contribution < 1.29 is 0 Å². The zero-order chi connectivity index (χ0) is 16.2. The molecule has 138 valence electrons. The summed E-state index contributed by atoms with van der Waals surface area (Å²) < 4.78 is 0. The van der Waals surface area contributed by atoms with E-state index in [0.29, 0.717) is 12.1 Å². The molecule has 3 saturated heterocycles. The van der Waals surface area contributed by atoms with Crippen LogP contribution in [0, 0.1) is 0 Å². The van der Waals surface area contributed by atoms with Crippen LogP contribution in [0.25, 0.3) is 0 Å². The molecule has 6 nitrogen and oxygen atoms in total. The van der Waals surface area contributed by atoms with Crippen LogP contribution in [0.1, 0.15) is 38.5 Å². The van der Waals surface area contributed by atoms with E-state index in [1.54, 1.807) is 0 Å². The topological polar surface area (TPSA) is 37.0 Å². The number of nitrogens with zero attached hydrogens (tertiary/aromatic N) is 4. The Morgan fingerprint density at radius 2 is 0.958 bits per heavy atom. The molecular formula is C18H36N6. The fraction of sp³-hybridized carbons (Fsp3) is 1.00. The summed E-state index contributed by atoms with van der Waals surface area (Å²) in [7, 11) is 0. The van der Waals surface area contributed by atoms with Gasteiger partial charge in [0.25, 0.3) is 0 Å². The number of nitrogens with one attached hydrogen (secondary N) is 2. The van der Waals surface area contributed by atoms with Gasteiger partial charge in [-0.25, -0.2) is 0 Å². The van der Waals surface area contributed by atoms with E-state index < -0.39 is 0 Å². The van der Waals surface area contributed by atoms with E-state index in [1.807, 2.05) is 0 Å². The van der Waals surface area contributed by atoms with Gasteiger partial charge in [-0.2, -0.15) is 0 Å². The third-order valence-corrected chi connectivity index (χ3v) is 6.35. The summed E-state index contributed by atoms with van der Waals surface area (Å²) in [6.07, 6.45) is 8.09. The average Bonchev–Trinajstić information content (AvgIpc) is 2.64. The van der Waals surface area contributed by atoms with E-state index in [0.717, 1.165) is 26.7 Å². The molecule has 4 bridgehead atoms. The van der Waals surface area contributed by atoms with Gasteiger partial charge in [0.05, 0.1) is 13.3 Å². The summed E-state index contributed by atoms with van der Waals surface area (Å²) in [5.41, 5.74) is 0. The minimum Gasteiger partial charge on any atom is -0.300 e. The first-order valence-electron chi connectivity index (χ1n) is 10.2. The predicted octanol–water partition coefficient (Wildman–Crippen LogP) is 0.336. The maximum Gasteiger partial charge on any atom is 0.0518 e. The third-order valence-electron chi connectivity index (χ3n) is 6.35. The Morgan fingerprint density at radius 1 is 0.500 bits per heavy atom. The molecule has 24 heavy (non-hydrogen) atoms. The normalized spacial score (nSPS) is 45.0. The number of rotatable bonds is 0. The summed E-state index contributed by atoms with van der Waals surface area (Å²) in [5.74, 6) is 0. The van der Waals surface area contributed by atoms with Crippen molar-refractivity contribution in [2.45, 2.75) is 50.6 Å². The highest BCUT2D eigenvalue weighted by Crippen LogP contribution is 2.19. The predicted molar refractivity (Wildman–Crippen MR) is 97.6 cm³/mol. The summed E-state index contributed by atoms with van der Waals surface area (Å²) in [6.45, 7) is 11.9. The van der Waals surface area contributed by atoms with Crippen LogP contribution < -0.4 is 10.6 Å². The maximum atomic E-state index is 3.89. The number of hydrogen-bond acceptors (Lipinski definition) is 6. The van der Waals surface area contributed by atoms with Gasteiger partial charge in [0.15, 0.2) is 0 Å². The van der Waals surface area contributed by atoms with Gasteiger partial charge >= 0.3 is 0 Å². The lowest BCUT2D eigenvalue weighted by molar-refractivity contribution is 0.0324. The van der Waals surface area contributed by atoms with Crippen LogP contribution >= 0.6 is 0 Å². The number of hydrogen-bond donors (Lipinski definition) is 2. The van der Waals surface area contributed by atoms with Crippen LogP contribution in [-0.4, -0.2) is 97.6 Å². The molecule has 2 N–H and O–H groups in total. The van der Waals surface area contributed by atoms with Gasteiger partial charge in [0.2, 0.25) is 0 Å². The Labute approximate surface area is 147 Å². The molecule has 4 rings (SSSR count). The van der Waals surface area contributed by atoms with Crippen molar-refractivity contribution in [3.63, 3.8) is 0 Å².